The highest BCUT2D eigenvalue weighted by molar-refractivity contribution is 7.10. The van der Waals surface area contributed by atoms with E-state index in [1.165, 1.54) is 0 Å². The van der Waals surface area contributed by atoms with Crippen LogP contribution in [0, 0.1) is 0 Å². The van der Waals surface area contributed by atoms with Gasteiger partial charge in [0.15, 0.2) is 0 Å². The van der Waals surface area contributed by atoms with Gasteiger partial charge in [0.25, 0.3) is 0 Å². The maximum Gasteiger partial charge on any atom is 0.318 e. The molecular weight excluding hydrogens is 298 g/mol. The molecule has 2 heterocycles. The predicted octanol–water partition coefficient (Wildman–Crippen LogP) is 2.85. The first kappa shape index (κ1) is 16.8. The molecule has 5 nitrogen and oxygen atoms in total. The molecule has 1 aromatic heterocycles. The molecule has 0 bridgehead atoms. The molecule has 22 heavy (non-hydrogen) atoms. The quantitative estimate of drug-likeness (QED) is 0.906. The highest BCUT2D eigenvalue weighted by Crippen LogP contribution is 2.22. The van der Waals surface area contributed by atoms with Crippen molar-refractivity contribution in [1.82, 2.24) is 15.1 Å². The van der Waals surface area contributed by atoms with E-state index >= 15 is 0 Å². The number of urea groups is 1. The van der Waals surface area contributed by atoms with E-state index in [-0.39, 0.29) is 24.5 Å². The van der Waals surface area contributed by atoms with Crippen LogP contribution in [0.3, 0.4) is 0 Å². The molecular formula is C16H25N3O2S. The molecule has 1 atom stereocenters. The van der Waals surface area contributed by atoms with Crippen LogP contribution < -0.4 is 5.32 Å². The van der Waals surface area contributed by atoms with E-state index in [0.29, 0.717) is 6.54 Å². The Morgan fingerprint density at radius 3 is 2.86 bits per heavy atom. The summed E-state index contributed by atoms with van der Waals surface area (Å²) in [7, 11) is 0. The minimum absolute atomic E-state index is 0.0256. The molecule has 1 unspecified atom stereocenters. The Hall–Kier alpha value is -1.56. The minimum atomic E-state index is -0.132. The van der Waals surface area contributed by atoms with Gasteiger partial charge in [0.1, 0.15) is 6.54 Å². The molecule has 1 saturated heterocycles. The van der Waals surface area contributed by atoms with Crippen LogP contribution in [0.5, 0.6) is 0 Å². The number of hydrogen-bond donors (Lipinski definition) is 1. The van der Waals surface area contributed by atoms with Gasteiger partial charge in [-0.2, -0.15) is 0 Å². The second-order valence-electron chi connectivity index (χ2n) is 5.58. The fraction of sp³-hybridized carbons (Fsp3) is 0.625. The number of thiophene rings is 1. The Morgan fingerprint density at radius 2 is 2.23 bits per heavy atom. The van der Waals surface area contributed by atoms with E-state index in [1.807, 2.05) is 22.4 Å². The SMILES string of the molecule is CCCN1CCCN(C(=O)NC(CC)c2cccs2)CC1=O. The Kier molecular flexibility index (Phi) is 6.24. The number of carbonyl (C=O) groups is 2. The zero-order valence-electron chi connectivity index (χ0n) is 13.4. The normalized spacial score (nSPS) is 17.3. The maximum atomic E-state index is 12.5. The summed E-state index contributed by atoms with van der Waals surface area (Å²) in [5, 5.41) is 5.08. The molecule has 122 valence electrons. The molecule has 1 N–H and O–H groups in total. The van der Waals surface area contributed by atoms with Crippen LogP contribution >= 0.6 is 11.3 Å². The molecule has 1 fully saturated rings. The number of nitrogens with one attached hydrogen (secondary N) is 1. The van der Waals surface area contributed by atoms with Crippen LogP contribution in [0.4, 0.5) is 4.79 Å². The minimum Gasteiger partial charge on any atom is -0.341 e. The summed E-state index contributed by atoms with van der Waals surface area (Å²) < 4.78 is 0. The number of nitrogens with zero attached hydrogens (tertiary/aromatic N) is 2. The van der Waals surface area contributed by atoms with Crippen molar-refractivity contribution >= 4 is 23.3 Å². The van der Waals surface area contributed by atoms with Crippen LogP contribution in [-0.4, -0.2) is 47.9 Å². The van der Waals surface area contributed by atoms with Gasteiger partial charge in [0, 0.05) is 24.5 Å². The molecule has 0 aromatic carbocycles. The van der Waals surface area contributed by atoms with Crippen LogP contribution in [0.2, 0.25) is 0 Å². The fourth-order valence-electron chi connectivity index (χ4n) is 2.70. The summed E-state index contributed by atoms with van der Waals surface area (Å²) >= 11 is 1.65. The second kappa shape index (κ2) is 8.17. The zero-order valence-corrected chi connectivity index (χ0v) is 14.2. The Bertz CT molecular complexity index is 490. The second-order valence-corrected chi connectivity index (χ2v) is 6.56. The summed E-state index contributed by atoms with van der Waals surface area (Å²) in [5.74, 6) is 0.0543. The monoisotopic (exact) mass is 323 g/mol. The van der Waals surface area contributed by atoms with Gasteiger partial charge in [-0.1, -0.05) is 19.9 Å². The molecule has 0 radical (unpaired) electrons. The van der Waals surface area contributed by atoms with Crippen LogP contribution in [0.25, 0.3) is 0 Å². The predicted molar refractivity (Wildman–Crippen MR) is 88.9 cm³/mol. The lowest BCUT2D eigenvalue weighted by molar-refractivity contribution is -0.130. The highest BCUT2D eigenvalue weighted by Gasteiger charge is 2.25. The number of rotatable bonds is 5. The van der Waals surface area contributed by atoms with Gasteiger partial charge < -0.3 is 15.1 Å². The van der Waals surface area contributed by atoms with E-state index in [0.717, 1.165) is 37.2 Å². The first-order valence-corrected chi connectivity index (χ1v) is 8.90. The summed E-state index contributed by atoms with van der Waals surface area (Å²) in [6.45, 7) is 6.47. The van der Waals surface area contributed by atoms with Gasteiger partial charge in [-0.25, -0.2) is 4.79 Å². The van der Waals surface area contributed by atoms with E-state index in [4.69, 9.17) is 0 Å². The molecule has 0 spiro atoms. The molecule has 1 aliphatic heterocycles. The first-order valence-electron chi connectivity index (χ1n) is 8.02. The summed E-state index contributed by atoms with van der Waals surface area (Å²) in [5.41, 5.74) is 0. The van der Waals surface area contributed by atoms with Crippen LogP contribution in [-0.2, 0) is 4.79 Å². The van der Waals surface area contributed by atoms with Crippen molar-refractivity contribution in [2.45, 2.75) is 39.2 Å². The van der Waals surface area contributed by atoms with Crippen molar-refractivity contribution in [2.75, 3.05) is 26.2 Å². The van der Waals surface area contributed by atoms with Crippen molar-refractivity contribution in [3.8, 4) is 0 Å². The van der Waals surface area contributed by atoms with E-state index in [1.54, 1.807) is 16.2 Å². The Morgan fingerprint density at radius 1 is 1.41 bits per heavy atom. The van der Waals surface area contributed by atoms with E-state index in [2.05, 4.69) is 19.2 Å². The first-order chi connectivity index (χ1) is 10.7. The lowest BCUT2D eigenvalue weighted by Crippen LogP contribution is -2.45. The number of hydrogen-bond acceptors (Lipinski definition) is 3. The molecule has 1 aromatic rings. The fourth-order valence-corrected chi connectivity index (χ4v) is 3.56. The van der Waals surface area contributed by atoms with Crippen molar-refractivity contribution in [1.29, 1.82) is 0 Å². The van der Waals surface area contributed by atoms with Gasteiger partial charge in [0.05, 0.1) is 6.04 Å². The molecule has 3 amide bonds. The largest absolute Gasteiger partial charge is 0.341 e. The summed E-state index contributed by atoms with van der Waals surface area (Å²) in [6.07, 6.45) is 2.64. The van der Waals surface area contributed by atoms with Crippen molar-refractivity contribution in [2.24, 2.45) is 0 Å². The summed E-state index contributed by atoms with van der Waals surface area (Å²) in [4.78, 5) is 29.4. The smallest absolute Gasteiger partial charge is 0.318 e. The van der Waals surface area contributed by atoms with Gasteiger partial charge >= 0.3 is 6.03 Å². The highest BCUT2D eigenvalue weighted by atomic mass is 32.1. The van der Waals surface area contributed by atoms with Gasteiger partial charge in [-0.05, 0) is 30.7 Å². The van der Waals surface area contributed by atoms with Crippen LogP contribution in [0.1, 0.15) is 44.0 Å². The van der Waals surface area contributed by atoms with Crippen molar-refractivity contribution < 1.29 is 9.59 Å². The van der Waals surface area contributed by atoms with E-state index in [9.17, 15) is 9.59 Å². The molecule has 6 heteroatoms. The number of carbonyl (C=O) groups excluding carboxylic acids is 2. The standard InChI is InChI=1S/C16H25N3O2S/c1-3-8-18-9-6-10-19(12-15(18)20)16(21)17-13(4-2)14-7-5-11-22-14/h5,7,11,13H,3-4,6,8-10,12H2,1-2H3,(H,17,21). The van der Waals surface area contributed by atoms with Gasteiger partial charge in [0.2, 0.25) is 5.91 Å². The Labute approximate surface area is 136 Å². The average Bonchev–Trinajstić information content (AvgIpc) is 2.98. The summed E-state index contributed by atoms with van der Waals surface area (Å²) in [6, 6.07) is 3.92. The zero-order chi connectivity index (χ0) is 15.9. The molecule has 0 aliphatic carbocycles. The average molecular weight is 323 g/mol. The third-order valence-electron chi connectivity index (χ3n) is 3.91. The third-order valence-corrected chi connectivity index (χ3v) is 4.89. The third kappa shape index (κ3) is 4.22. The van der Waals surface area contributed by atoms with Gasteiger partial charge in [-0.15, -0.1) is 11.3 Å². The molecule has 0 saturated carbocycles. The lowest BCUT2D eigenvalue weighted by atomic mass is 10.2. The maximum absolute atomic E-state index is 12.5. The van der Waals surface area contributed by atoms with Crippen molar-refractivity contribution in [3.63, 3.8) is 0 Å². The topological polar surface area (TPSA) is 52.6 Å². The van der Waals surface area contributed by atoms with Crippen molar-refractivity contribution in [3.05, 3.63) is 22.4 Å². The lowest BCUT2D eigenvalue weighted by Gasteiger charge is -2.24. The van der Waals surface area contributed by atoms with Gasteiger partial charge in [-0.3, -0.25) is 4.79 Å². The Balaban J connectivity index is 1.95. The molecule has 1 aliphatic rings. The van der Waals surface area contributed by atoms with Crippen LogP contribution in [0.15, 0.2) is 17.5 Å². The number of amides is 3. The molecule has 2 rings (SSSR count). The van der Waals surface area contributed by atoms with E-state index < -0.39 is 0 Å².